The molecule has 0 aliphatic heterocycles. The lowest BCUT2D eigenvalue weighted by Gasteiger charge is -2.05. The molecule has 6 heteroatoms. The van der Waals surface area contributed by atoms with Crippen LogP contribution in [0.15, 0.2) is 0 Å². The molecule has 3 N–H and O–H groups in total. The Morgan fingerprint density at radius 2 is 2.33 bits per heavy atom. The van der Waals surface area contributed by atoms with Crippen LogP contribution in [0.3, 0.4) is 0 Å². The van der Waals surface area contributed by atoms with Crippen molar-refractivity contribution in [2.24, 2.45) is 0 Å². The number of anilines is 1. The molecule has 0 fully saturated rings. The Bertz CT molecular complexity index is 283. The number of nitrogens with two attached hydrogens (primary N) is 1. The molecule has 0 radical (unpaired) electrons. The van der Waals surface area contributed by atoms with Gasteiger partial charge in [-0.2, -0.15) is 0 Å². The van der Waals surface area contributed by atoms with E-state index < -0.39 is 0 Å². The molecule has 12 heavy (non-hydrogen) atoms. The van der Waals surface area contributed by atoms with Crippen molar-refractivity contribution in [3.63, 3.8) is 0 Å². The molecule has 1 amide bonds. The molecule has 0 aromatic carbocycles. The summed E-state index contributed by atoms with van der Waals surface area (Å²) in [6.07, 6.45) is 0. The van der Waals surface area contributed by atoms with Crippen molar-refractivity contribution >= 4 is 22.4 Å². The van der Waals surface area contributed by atoms with Crippen molar-refractivity contribution in [2.75, 3.05) is 5.73 Å². The molecule has 0 saturated carbocycles. The third kappa shape index (κ3) is 1.91. The van der Waals surface area contributed by atoms with Crippen LogP contribution in [0.25, 0.3) is 0 Å². The molecule has 1 heterocycles. The summed E-state index contributed by atoms with van der Waals surface area (Å²) in [5, 5.41) is 6.63. The third-order valence-corrected chi connectivity index (χ3v) is 1.70. The van der Waals surface area contributed by atoms with E-state index in [0.29, 0.717) is 5.00 Å². The molecule has 0 spiro atoms. The van der Waals surface area contributed by atoms with E-state index in [1.807, 2.05) is 13.8 Å². The first-order valence-corrected chi connectivity index (χ1v) is 4.27. The Labute approximate surface area is 74.1 Å². The van der Waals surface area contributed by atoms with Gasteiger partial charge in [0.25, 0.3) is 5.91 Å². The second-order valence-electron chi connectivity index (χ2n) is 2.61. The van der Waals surface area contributed by atoms with E-state index in [0.717, 1.165) is 11.5 Å². The number of hydrogen-bond donors (Lipinski definition) is 2. The highest BCUT2D eigenvalue weighted by atomic mass is 32.1. The maximum absolute atomic E-state index is 11.3. The highest BCUT2D eigenvalue weighted by molar-refractivity contribution is 7.10. The maximum atomic E-state index is 11.3. The van der Waals surface area contributed by atoms with Crippen LogP contribution in [0.2, 0.25) is 0 Å². The van der Waals surface area contributed by atoms with Crippen LogP contribution in [-0.4, -0.2) is 21.5 Å². The van der Waals surface area contributed by atoms with E-state index in [2.05, 4.69) is 14.9 Å². The summed E-state index contributed by atoms with van der Waals surface area (Å²) >= 11 is 1.02. The maximum Gasteiger partial charge on any atom is 0.275 e. The van der Waals surface area contributed by atoms with Gasteiger partial charge in [-0.1, -0.05) is 4.49 Å². The normalized spacial score (nSPS) is 10.2. The molecule has 0 bridgehead atoms. The van der Waals surface area contributed by atoms with Crippen molar-refractivity contribution < 1.29 is 4.79 Å². The molecule has 66 valence electrons. The van der Waals surface area contributed by atoms with Crippen molar-refractivity contribution in [1.82, 2.24) is 14.9 Å². The van der Waals surface area contributed by atoms with E-state index in [-0.39, 0.29) is 17.6 Å². The molecule has 0 atom stereocenters. The zero-order chi connectivity index (χ0) is 9.14. The fourth-order valence-electron chi connectivity index (χ4n) is 0.686. The number of nitrogen functional groups attached to an aromatic ring is 1. The molecule has 1 rings (SSSR count). The summed E-state index contributed by atoms with van der Waals surface area (Å²) in [5.41, 5.74) is 5.67. The number of rotatable bonds is 2. The number of nitrogens with zero attached hydrogens (tertiary/aromatic N) is 2. The van der Waals surface area contributed by atoms with Crippen molar-refractivity contribution in [2.45, 2.75) is 19.9 Å². The van der Waals surface area contributed by atoms with Crippen molar-refractivity contribution in [3.8, 4) is 0 Å². The minimum atomic E-state index is -0.267. The third-order valence-electron chi connectivity index (χ3n) is 1.15. The van der Waals surface area contributed by atoms with Gasteiger partial charge < -0.3 is 11.1 Å². The molecule has 0 aliphatic carbocycles. The highest BCUT2D eigenvalue weighted by Crippen LogP contribution is 2.11. The van der Waals surface area contributed by atoms with Crippen LogP contribution in [0.4, 0.5) is 5.00 Å². The van der Waals surface area contributed by atoms with Crippen LogP contribution in [-0.2, 0) is 0 Å². The molecule has 0 unspecified atom stereocenters. The largest absolute Gasteiger partial charge is 0.387 e. The zero-order valence-electron chi connectivity index (χ0n) is 6.87. The number of amides is 1. The number of carbonyl (C=O) groups is 1. The van der Waals surface area contributed by atoms with Crippen LogP contribution in [0, 0.1) is 0 Å². The first-order chi connectivity index (χ1) is 5.61. The molecule has 1 aromatic rings. The summed E-state index contributed by atoms with van der Waals surface area (Å²) in [4.78, 5) is 11.3. The number of nitrogens with one attached hydrogen (secondary N) is 1. The van der Waals surface area contributed by atoms with Gasteiger partial charge in [0.1, 0.15) is 5.00 Å². The van der Waals surface area contributed by atoms with E-state index >= 15 is 0 Å². The van der Waals surface area contributed by atoms with Gasteiger partial charge in [0.2, 0.25) is 0 Å². The summed E-state index contributed by atoms with van der Waals surface area (Å²) in [6.45, 7) is 3.74. The van der Waals surface area contributed by atoms with Gasteiger partial charge in [-0.05, 0) is 13.8 Å². The summed E-state index contributed by atoms with van der Waals surface area (Å²) in [7, 11) is 0. The monoisotopic (exact) mass is 186 g/mol. The van der Waals surface area contributed by atoms with Crippen LogP contribution >= 0.6 is 11.5 Å². The molecule has 0 aliphatic rings. The average Bonchev–Trinajstić information content (AvgIpc) is 2.33. The van der Waals surface area contributed by atoms with E-state index in [1.54, 1.807) is 0 Å². The van der Waals surface area contributed by atoms with E-state index in [9.17, 15) is 4.79 Å². The Morgan fingerprint density at radius 1 is 1.67 bits per heavy atom. The number of aromatic nitrogens is 2. The van der Waals surface area contributed by atoms with Crippen LogP contribution in [0.5, 0.6) is 0 Å². The topological polar surface area (TPSA) is 80.9 Å². The Balaban J connectivity index is 2.72. The Morgan fingerprint density at radius 3 is 2.75 bits per heavy atom. The number of carbonyl (C=O) groups excluding carboxylic acids is 1. The molecule has 0 saturated heterocycles. The Kier molecular flexibility index (Phi) is 2.59. The summed E-state index contributed by atoms with van der Waals surface area (Å²) in [5.74, 6) is -0.267. The molecule has 1 aromatic heterocycles. The van der Waals surface area contributed by atoms with Crippen LogP contribution < -0.4 is 11.1 Å². The minimum Gasteiger partial charge on any atom is -0.387 e. The second-order valence-corrected chi connectivity index (χ2v) is 3.40. The predicted octanol–water partition coefficient (Wildman–Crippen LogP) is 0.259. The minimum absolute atomic E-state index is 0.0820. The average molecular weight is 186 g/mol. The fraction of sp³-hybridized carbons (Fsp3) is 0.500. The standard InChI is InChI=1S/C6H10N4OS/c1-3(2)8-6(11)4-5(7)12-10-9-4/h3H,7H2,1-2H3,(H,8,11). The van der Waals surface area contributed by atoms with Crippen molar-refractivity contribution in [3.05, 3.63) is 5.69 Å². The molecule has 5 nitrogen and oxygen atoms in total. The van der Waals surface area contributed by atoms with Gasteiger partial charge in [-0.15, -0.1) is 5.10 Å². The predicted molar refractivity (Wildman–Crippen MR) is 46.9 cm³/mol. The van der Waals surface area contributed by atoms with Gasteiger partial charge in [-0.3, -0.25) is 4.79 Å². The second kappa shape index (κ2) is 3.48. The Hall–Kier alpha value is -1.17. The van der Waals surface area contributed by atoms with Gasteiger partial charge in [0.05, 0.1) is 0 Å². The fourth-order valence-corrected chi connectivity index (χ4v) is 1.12. The first kappa shape index (κ1) is 8.92. The van der Waals surface area contributed by atoms with Crippen molar-refractivity contribution in [1.29, 1.82) is 0 Å². The molecular weight excluding hydrogens is 176 g/mol. The highest BCUT2D eigenvalue weighted by Gasteiger charge is 2.14. The zero-order valence-corrected chi connectivity index (χ0v) is 7.68. The lowest BCUT2D eigenvalue weighted by molar-refractivity contribution is 0.0939. The van der Waals surface area contributed by atoms with Gasteiger partial charge >= 0.3 is 0 Å². The lowest BCUT2D eigenvalue weighted by atomic mass is 10.3. The first-order valence-electron chi connectivity index (χ1n) is 3.50. The quantitative estimate of drug-likeness (QED) is 0.694. The summed E-state index contributed by atoms with van der Waals surface area (Å²) < 4.78 is 3.56. The SMILES string of the molecule is CC(C)NC(=O)c1nnsc1N. The smallest absolute Gasteiger partial charge is 0.275 e. The van der Waals surface area contributed by atoms with E-state index in [1.165, 1.54) is 0 Å². The molecular formula is C6H10N4OS. The van der Waals surface area contributed by atoms with Crippen LogP contribution in [0.1, 0.15) is 24.3 Å². The van der Waals surface area contributed by atoms with Gasteiger partial charge in [0, 0.05) is 17.6 Å². The number of hydrogen-bond acceptors (Lipinski definition) is 5. The summed E-state index contributed by atoms with van der Waals surface area (Å²) in [6, 6.07) is 0.0820. The van der Waals surface area contributed by atoms with Gasteiger partial charge in [-0.25, -0.2) is 0 Å². The lowest BCUT2D eigenvalue weighted by Crippen LogP contribution is -2.30. The van der Waals surface area contributed by atoms with E-state index in [4.69, 9.17) is 5.73 Å². The van der Waals surface area contributed by atoms with Gasteiger partial charge in [0.15, 0.2) is 5.69 Å².